The summed E-state index contributed by atoms with van der Waals surface area (Å²) in [5.41, 5.74) is 1.36. The minimum absolute atomic E-state index is 0.0141. The Morgan fingerprint density at radius 3 is 2.62 bits per heavy atom. The highest BCUT2D eigenvalue weighted by Gasteiger charge is 2.19. The molecule has 2 aromatic rings. The van der Waals surface area contributed by atoms with Crippen molar-refractivity contribution in [1.82, 2.24) is 9.55 Å². The van der Waals surface area contributed by atoms with Gasteiger partial charge in [0.15, 0.2) is 0 Å². The van der Waals surface area contributed by atoms with Gasteiger partial charge in [0.05, 0.1) is 16.0 Å². The Morgan fingerprint density at radius 1 is 1.35 bits per heavy atom. The number of carboxylic acid groups (broad SMARTS) is 1. The number of non-ortho nitro benzene ring substituents is 1. The summed E-state index contributed by atoms with van der Waals surface area (Å²) >= 11 is 0. The molecule has 0 aliphatic carbocycles. The molecule has 26 heavy (non-hydrogen) atoms. The van der Waals surface area contributed by atoms with E-state index in [1.807, 2.05) is 4.57 Å². The number of aliphatic carboxylic acids is 1. The molecule has 1 heterocycles. The standard InChI is InChI=1S/C18H27N3O4Si/c1-13(12-26(2,3)4)9-10-20-16-11-14(21(24)25)5-6-15(16)19-17(20)7-8-18(22)23/h5-6,11,13H,7-10,12H2,1-4H3,(H,22,23)/p-1. The van der Waals surface area contributed by atoms with Crippen LogP contribution in [-0.4, -0.2) is 28.5 Å². The number of imidazole rings is 1. The first-order chi connectivity index (χ1) is 12.1. The lowest BCUT2D eigenvalue weighted by Gasteiger charge is -2.22. The molecule has 1 aromatic heterocycles. The van der Waals surface area contributed by atoms with Gasteiger partial charge >= 0.3 is 0 Å². The zero-order valence-corrected chi connectivity index (χ0v) is 16.8. The number of rotatable bonds is 9. The normalized spacial score (nSPS) is 13.1. The van der Waals surface area contributed by atoms with Crippen molar-refractivity contribution in [1.29, 1.82) is 0 Å². The van der Waals surface area contributed by atoms with Gasteiger partial charge in [0.2, 0.25) is 0 Å². The van der Waals surface area contributed by atoms with Crippen LogP contribution in [0, 0.1) is 16.0 Å². The van der Waals surface area contributed by atoms with E-state index >= 15 is 0 Å². The number of fused-ring (bicyclic) bond motifs is 1. The second kappa shape index (κ2) is 7.99. The van der Waals surface area contributed by atoms with E-state index in [9.17, 15) is 20.0 Å². The van der Waals surface area contributed by atoms with Crippen molar-refractivity contribution >= 4 is 30.8 Å². The molecule has 142 valence electrons. The van der Waals surface area contributed by atoms with E-state index < -0.39 is 19.0 Å². The number of benzene rings is 1. The Bertz CT molecular complexity index is 811. The van der Waals surface area contributed by atoms with Crippen LogP contribution in [0.4, 0.5) is 5.69 Å². The Hall–Kier alpha value is -2.22. The zero-order chi connectivity index (χ0) is 19.5. The molecular weight excluding hydrogens is 350 g/mol. The van der Waals surface area contributed by atoms with E-state index in [4.69, 9.17) is 0 Å². The third kappa shape index (κ3) is 5.39. The Morgan fingerprint density at radius 2 is 2.04 bits per heavy atom. The summed E-state index contributed by atoms with van der Waals surface area (Å²) in [7, 11) is -1.16. The number of carbonyl (C=O) groups is 1. The maximum atomic E-state index is 11.1. The maximum Gasteiger partial charge on any atom is 0.271 e. The van der Waals surface area contributed by atoms with Crippen LogP contribution in [0.2, 0.25) is 25.7 Å². The minimum Gasteiger partial charge on any atom is -0.550 e. The fourth-order valence-electron chi connectivity index (χ4n) is 3.43. The summed E-state index contributed by atoms with van der Waals surface area (Å²) in [6.45, 7) is 9.91. The summed E-state index contributed by atoms with van der Waals surface area (Å²) in [5, 5.41) is 21.9. The van der Waals surface area contributed by atoms with Crippen molar-refractivity contribution in [2.24, 2.45) is 5.92 Å². The highest BCUT2D eigenvalue weighted by molar-refractivity contribution is 6.76. The van der Waals surface area contributed by atoms with Crippen molar-refractivity contribution in [2.75, 3.05) is 0 Å². The summed E-state index contributed by atoms with van der Waals surface area (Å²) in [6, 6.07) is 5.77. The number of hydrogen-bond acceptors (Lipinski definition) is 5. The number of nitrogens with zero attached hydrogens (tertiary/aromatic N) is 3. The Labute approximate surface area is 154 Å². The number of carbonyl (C=O) groups excluding carboxylic acids is 1. The molecule has 0 bridgehead atoms. The average molecular weight is 377 g/mol. The minimum atomic E-state index is -1.16. The molecule has 1 aromatic carbocycles. The third-order valence-electron chi connectivity index (χ3n) is 4.38. The molecule has 1 unspecified atom stereocenters. The van der Waals surface area contributed by atoms with Crippen LogP contribution in [0.1, 0.15) is 25.6 Å². The monoisotopic (exact) mass is 376 g/mol. The predicted octanol–water partition coefficient (Wildman–Crippen LogP) is 2.99. The molecule has 0 N–H and O–H groups in total. The van der Waals surface area contributed by atoms with Gasteiger partial charge in [-0.05, 0) is 24.8 Å². The molecule has 0 aliphatic rings. The van der Waals surface area contributed by atoms with Gasteiger partial charge < -0.3 is 14.5 Å². The lowest BCUT2D eigenvalue weighted by molar-refractivity contribution is -0.384. The SMILES string of the molecule is CC(CCn1c(CCC(=O)[O-])nc2ccc([N+](=O)[O-])cc21)C[Si](C)(C)C. The topological polar surface area (TPSA) is 101 Å². The van der Waals surface area contributed by atoms with E-state index in [1.54, 1.807) is 6.07 Å². The number of hydrogen-bond donors (Lipinski definition) is 0. The van der Waals surface area contributed by atoms with Crippen LogP contribution in [0.3, 0.4) is 0 Å². The van der Waals surface area contributed by atoms with Crippen LogP contribution in [0.15, 0.2) is 18.2 Å². The van der Waals surface area contributed by atoms with E-state index in [0.29, 0.717) is 29.3 Å². The highest BCUT2D eigenvalue weighted by atomic mass is 28.3. The second-order valence-corrected chi connectivity index (χ2v) is 13.7. The lowest BCUT2D eigenvalue weighted by atomic mass is 10.1. The molecule has 0 fully saturated rings. The first-order valence-electron chi connectivity index (χ1n) is 8.90. The quantitative estimate of drug-likeness (QED) is 0.380. The fraction of sp³-hybridized carbons (Fsp3) is 0.556. The van der Waals surface area contributed by atoms with Gasteiger partial charge in [-0.3, -0.25) is 10.1 Å². The van der Waals surface area contributed by atoms with Gasteiger partial charge in [-0.2, -0.15) is 0 Å². The van der Waals surface area contributed by atoms with E-state index in [2.05, 4.69) is 31.5 Å². The Balaban J connectivity index is 2.32. The number of aromatic nitrogens is 2. The van der Waals surface area contributed by atoms with E-state index in [1.165, 1.54) is 18.2 Å². The molecule has 0 spiro atoms. The van der Waals surface area contributed by atoms with Crippen molar-refractivity contribution in [3.63, 3.8) is 0 Å². The molecule has 0 radical (unpaired) electrons. The fourth-order valence-corrected chi connectivity index (χ4v) is 5.72. The first kappa shape index (κ1) is 20.1. The molecule has 7 nitrogen and oxygen atoms in total. The van der Waals surface area contributed by atoms with E-state index in [-0.39, 0.29) is 18.5 Å². The number of aryl methyl sites for hydroxylation is 2. The molecule has 0 aliphatic heterocycles. The van der Waals surface area contributed by atoms with E-state index in [0.717, 1.165) is 6.42 Å². The maximum absolute atomic E-state index is 11.1. The predicted molar refractivity (Wildman–Crippen MR) is 102 cm³/mol. The van der Waals surface area contributed by atoms with Gasteiger partial charge in [0.25, 0.3) is 5.69 Å². The van der Waals surface area contributed by atoms with Crippen LogP contribution in [0.25, 0.3) is 11.0 Å². The van der Waals surface area contributed by atoms with Crippen molar-refractivity contribution in [3.8, 4) is 0 Å². The molecule has 0 amide bonds. The molecule has 2 rings (SSSR count). The molecule has 8 heteroatoms. The lowest BCUT2D eigenvalue weighted by Crippen LogP contribution is -2.24. The van der Waals surface area contributed by atoms with Gasteiger partial charge in [-0.15, -0.1) is 0 Å². The smallest absolute Gasteiger partial charge is 0.271 e. The average Bonchev–Trinajstić information content (AvgIpc) is 2.85. The number of carboxylic acids is 1. The highest BCUT2D eigenvalue weighted by Crippen LogP contribution is 2.25. The van der Waals surface area contributed by atoms with Crippen LogP contribution < -0.4 is 5.11 Å². The second-order valence-electron chi connectivity index (χ2n) is 8.14. The molecule has 1 atom stereocenters. The summed E-state index contributed by atoms with van der Waals surface area (Å²) < 4.78 is 1.94. The number of nitro benzene ring substituents is 1. The zero-order valence-electron chi connectivity index (χ0n) is 15.8. The number of nitro groups is 1. The largest absolute Gasteiger partial charge is 0.550 e. The third-order valence-corrected chi connectivity index (χ3v) is 6.30. The van der Waals surface area contributed by atoms with Gasteiger partial charge in [0, 0.05) is 39.1 Å². The summed E-state index contributed by atoms with van der Waals surface area (Å²) in [5.74, 6) is 0.0541. The van der Waals surface area contributed by atoms with Crippen LogP contribution >= 0.6 is 0 Å². The Kier molecular flexibility index (Phi) is 6.17. The summed E-state index contributed by atoms with van der Waals surface area (Å²) in [4.78, 5) is 26.0. The first-order valence-corrected chi connectivity index (χ1v) is 12.6. The van der Waals surface area contributed by atoms with Gasteiger partial charge in [-0.1, -0.05) is 32.6 Å². The molecule has 0 saturated carbocycles. The van der Waals surface area contributed by atoms with Crippen LogP contribution in [-0.2, 0) is 17.8 Å². The molecule has 0 saturated heterocycles. The van der Waals surface area contributed by atoms with Crippen molar-refractivity contribution in [2.45, 2.75) is 58.4 Å². The van der Waals surface area contributed by atoms with Crippen molar-refractivity contribution in [3.05, 3.63) is 34.1 Å². The van der Waals surface area contributed by atoms with Gasteiger partial charge in [-0.25, -0.2) is 4.98 Å². The molecular formula is C18H26N3O4Si-. The van der Waals surface area contributed by atoms with Gasteiger partial charge in [0.1, 0.15) is 5.82 Å². The van der Waals surface area contributed by atoms with Crippen molar-refractivity contribution < 1.29 is 14.8 Å². The summed E-state index contributed by atoms with van der Waals surface area (Å²) in [6.07, 6.45) is 1.07. The van der Waals surface area contributed by atoms with Crippen LogP contribution in [0.5, 0.6) is 0 Å².